The maximum atomic E-state index is 12.1. The van der Waals surface area contributed by atoms with E-state index in [0.29, 0.717) is 6.61 Å². The van der Waals surface area contributed by atoms with Gasteiger partial charge >= 0.3 is 0 Å². The second kappa shape index (κ2) is 10.3. The van der Waals surface area contributed by atoms with Crippen LogP contribution in [0.15, 0.2) is 42.5 Å². The highest BCUT2D eigenvalue weighted by Gasteiger charge is 2.09. The minimum atomic E-state index is -0.321. The maximum Gasteiger partial charge on any atom is 0.244 e. The highest BCUT2D eigenvalue weighted by Crippen LogP contribution is 2.21. The summed E-state index contributed by atoms with van der Waals surface area (Å²) in [6.45, 7) is 8.58. The van der Waals surface area contributed by atoms with E-state index < -0.39 is 0 Å². The van der Waals surface area contributed by atoms with Crippen LogP contribution in [0, 0.1) is 20.8 Å². The average molecular weight is 380 g/mol. The topological polar surface area (TPSA) is 67.4 Å². The number of benzene rings is 2. The van der Waals surface area contributed by atoms with E-state index in [-0.39, 0.29) is 18.4 Å². The van der Waals surface area contributed by atoms with Crippen molar-refractivity contribution in [3.63, 3.8) is 0 Å². The van der Waals surface area contributed by atoms with Crippen LogP contribution in [-0.2, 0) is 9.59 Å². The van der Waals surface area contributed by atoms with Crippen LogP contribution in [0.2, 0.25) is 0 Å². The van der Waals surface area contributed by atoms with Gasteiger partial charge in [0, 0.05) is 11.8 Å². The molecule has 0 aromatic heterocycles. The van der Waals surface area contributed by atoms with Gasteiger partial charge in [0.2, 0.25) is 11.8 Å². The largest absolute Gasteiger partial charge is 0.494 e. The minimum absolute atomic E-state index is 0.0836. The smallest absolute Gasteiger partial charge is 0.244 e. The van der Waals surface area contributed by atoms with Crippen molar-refractivity contribution in [2.24, 2.45) is 0 Å². The summed E-state index contributed by atoms with van der Waals surface area (Å²) in [5.74, 6) is 0.231. The van der Waals surface area contributed by atoms with E-state index in [1.54, 1.807) is 6.08 Å². The Morgan fingerprint density at radius 2 is 1.68 bits per heavy atom. The Balaban J connectivity index is 1.83. The van der Waals surface area contributed by atoms with Crippen LogP contribution in [0.3, 0.4) is 0 Å². The van der Waals surface area contributed by atoms with Crippen LogP contribution < -0.4 is 15.4 Å². The second-order valence-corrected chi connectivity index (χ2v) is 6.79. The molecule has 2 aromatic rings. The number of rotatable bonds is 8. The summed E-state index contributed by atoms with van der Waals surface area (Å²) in [4.78, 5) is 24.1. The zero-order valence-electron chi connectivity index (χ0n) is 17.0. The van der Waals surface area contributed by atoms with Gasteiger partial charge in [-0.2, -0.15) is 0 Å². The Morgan fingerprint density at radius 3 is 2.29 bits per heavy atom. The Kier molecular flexibility index (Phi) is 7.81. The van der Waals surface area contributed by atoms with Gasteiger partial charge in [0.05, 0.1) is 13.2 Å². The zero-order valence-corrected chi connectivity index (χ0v) is 17.0. The first-order chi connectivity index (χ1) is 13.4. The van der Waals surface area contributed by atoms with Crippen molar-refractivity contribution in [3.8, 4) is 5.75 Å². The molecule has 0 saturated carbocycles. The molecule has 0 spiro atoms. The fourth-order valence-corrected chi connectivity index (χ4v) is 2.85. The third kappa shape index (κ3) is 6.58. The van der Waals surface area contributed by atoms with Crippen LogP contribution in [0.4, 0.5) is 5.69 Å². The molecule has 2 amide bonds. The molecule has 0 radical (unpaired) electrons. The summed E-state index contributed by atoms with van der Waals surface area (Å²) in [6.07, 6.45) is 4.07. The quantitative estimate of drug-likeness (QED) is 0.676. The lowest BCUT2D eigenvalue weighted by atomic mass is 10.1. The molecule has 0 unspecified atom stereocenters. The van der Waals surface area contributed by atoms with Crippen LogP contribution in [0.5, 0.6) is 5.75 Å². The van der Waals surface area contributed by atoms with E-state index in [9.17, 15) is 9.59 Å². The summed E-state index contributed by atoms with van der Waals surface area (Å²) in [5.41, 5.74) is 4.84. The number of nitrogens with one attached hydrogen (secondary N) is 2. The van der Waals surface area contributed by atoms with Crippen molar-refractivity contribution in [1.29, 1.82) is 0 Å². The first-order valence-electron chi connectivity index (χ1n) is 9.45. The number of hydrogen-bond donors (Lipinski definition) is 2. The van der Waals surface area contributed by atoms with Gasteiger partial charge in [0.15, 0.2) is 0 Å². The second-order valence-electron chi connectivity index (χ2n) is 6.79. The summed E-state index contributed by atoms with van der Waals surface area (Å²) >= 11 is 0. The molecule has 0 bridgehead atoms. The van der Waals surface area contributed by atoms with Crippen LogP contribution in [0.1, 0.15) is 35.6 Å². The third-order valence-electron chi connectivity index (χ3n) is 4.14. The van der Waals surface area contributed by atoms with Crippen molar-refractivity contribution < 1.29 is 14.3 Å². The standard InChI is InChI=1S/C23H28N2O3/c1-5-12-28-20-9-6-19(7-10-20)8-11-21(26)24-15-22(27)25-23-17(3)13-16(2)14-18(23)4/h6-11,13-14H,5,12,15H2,1-4H3,(H,24,26)(H,25,27)/b11-8+. The van der Waals surface area contributed by atoms with Crippen molar-refractivity contribution in [2.75, 3.05) is 18.5 Å². The molecule has 0 atom stereocenters. The van der Waals surface area contributed by atoms with Gasteiger partial charge in [-0.25, -0.2) is 0 Å². The highest BCUT2D eigenvalue weighted by molar-refractivity contribution is 5.98. The fourth-order valence-electron chi connectivity index (χ4n) is 2.85. The number of aryl methyl sites for hydroxylation is 3. The van der Waals surface area contributed by atoms with Crippen molar-refractivity contribution >= 4 is 23.6 Å². The SMILES string of the molecule is CCCOc1ccc(/C=C/C(=O)NCC(=O)Nc2c(C)cc(C)cc2C)cc1. The number of anilines is 1. The monoisotopic (exact) mass is 380 g/mol. The third-order valence-corrected chi connectivity index (χ3v) is 4.14. The van der Waals surface area contributed by atoms with Gasteiger partial charge in [0.1, 0.15) is 5.75 Å². The Hall–Kier alpha value is -3.08. The first-order valence-corrected chi connectivity index (χ1v) is 9.45. The van der Waals surface area contributed by atoms with E-state index >= 15 is 0 Å². The molecular formula is C23H28N2O3. The number of ether oxygens (including phenoxy) is 1. The van der Waals surface area contributed by atoms with E-state index in [4.69, 9.17) is 4.74 Å². The van der Waals surface area contributed by atoms with Gasteiger partial charge in [-0.3, -0.25) is 9.59 Å². The Bertz CT molecular complexity index is 832. The predicted octanol–water partition coefficient (Wildman–Crippen LogP) is 4.17. The molecule has 0 saturated heterocycles. The van der Waals surface area contributed by atoms with Crippen molar-refractivity contribution in [3.05, 3.63) is 64.7 Å². The van der Waals surface area contributed by atoms with Gasteiger partial charge in [-0.05, 0) is 62.1 Å². The summed E-state index contributed by atoms with van der Waals surface area (Å²) in [7, 11) is 0. The maximum absolute atomic E-state index is 12.1. The van der Waals surface area contributed by atoms with E-state index in [2.05, 4.69) is 17.6 Å². The van der Waals surface area contributed by atoms with Gasteiger partial charge in [-0.1, -0.05) is 36.8 Å². The first kappa shape index (κ1) is 21.2. The molecule has 0 fully saturated rings. The molecule has 0 heterocycles. The van der Waals surface area contributed by atoms with Crippen LogP contribution in [0.25, 0.3) is 6.08 Å². The lowest BCUT2D eigenvalue weighted by Crippen LogP contribution is -2.32. The molecule has 0 aliphatic carbocycles. The number of carbonyl (C=O) groups excluding carboxylic acids is 2. The van der Waals surface area contributed by atoms with Gasteiger partial charge in [-0.15, -0.1) is 0 Å². The van der Waals surface area contributed by atoms with Crippen molar-refractivity contribution in [1.82, 2.24) is 5.32 Å². The molecular weight excluding hydrogens is 352 g/mol. The number of carbonyl (C=O) groups is 2. The zero-order chi connectivity index (χ0) is 20.5. The Morgan fingerprint density at radius 1 is 1.04 bits per heavy atom. The fraction of sp³-hybridized carbons (Fsp3) is 0.304. The van der Waals surface area contributed by atoms with Crippen LogP contribution in [-0.4, -0.2) is 25.0 Å². The van der Waals surface area contributed by atoms with Crippen LogP contribution >= 0.6 is 0 Å². The van der Waals surface area contributed by atoms with Gasteiger partial charge < -0.3 is 15.4 Å². The lowest BCUT2D eigenvalue weighted by molar-refractivity contribution is -0.121. The van der Waals surface area contributed by atoms with Gasteiger partial charge in [0.25, 0.3) is 0 Å². The summed E-state index contributed by atoms with van der Waals surface area (Å²) < 4.78 is 5.52. The molecule has 2 rings (SSSR count). The lowest BCUT2D eigenvalue weighted by Gasteiger charge is -2.13. The normalized spacial score (nSPS) is 10.7. The predicted molar refractivity (Wildman–Crippen MR) is 114 cm³/mol. The molecule has 148 valence electrons. The molecule has 5 heteroatoms. The summed E-state index contributed by atoms with van der Waals surface area (Å²) in [5, 5.41) is 5.47. The number of hydrogen-bond acceptors (Lipinski definition) is 3. The molecule has 0 aliphatic heterocycles. The highest BCUT2D eigenvalue weighted by atomic mass is 16.5. The molecule has 28 heavy (non-hydrogen) atoms. The van der Waals surface area contributed by atoms with E-state index in [1.165, 1.54) is 6.08 Å². The van der Waals surface area contributed by atoms with E-state index in [1.807, 2.05) is 57.2 Å². The molecule has 0 aliphatic rings. The average Bonchev–Trinajstić information content (AvgIpc) is 2.66. The minimum Gasteiger partial charge on any atom is -0.494 e. The van der Waals surface area contributed by atoms with E-state index in [0.717, 1.165) is 40.1 Å². The number of amides is 2. The molecule has 2 aromatic carbocycles. The molecule has 5 nitrogen and oxygen atoms in total. The van der Waals surface area contributed by atoms with Crippen molar-refractivity contribution in [2.45, 2.75) is 34.1 Å². The summed E-state index contributed by atoms with van der Waals surface area (Å²) in [6, 6.07) is 11.5. The molecule has 2 N–H and O–H groups in total. The Labute approximate surface area is 166 Å².